The molecule has 2 amide bonds. The second kappa shape index (κ2) is 8.27. The minimum absolute atomic E-state index is 0.0863. The third-order valence-corrected chi connectivity index (χ3v) is 5.82. The van der Waals surface area contributed by atoms with Crippen molar-refractivity contribution in [1.82, 2.24) is 9.88 Å². The van der Waals surface area contributed by atoms with Crippen LogP contribution in [-0.4, -0.2) is 47.1 Å². The van der Waals surface area contributed by atoms with Crippen LogP contribution in [0.5, 0.6) is 5.75 Å². The highest BCUT2D eigenvalue weighted by atomic mass is 32.2. The van der Waals surface area contributed by atoms with Crippen LogP contribution in [0.25, 0.3) is 10.8 Å². The van der Waals surface area contributed by atoms with Gasteiger partial charge in [0.15, 0.2) is 0 Å². The molecule has 2 N–H and O–H groups in total. The summed E-state index contributed by atoms with van der Waals surface area (Å²) in [5.41, 5.74) is 5.77. The number of pyridine rings is 1. The number of thioether (sulfide) groups is 1. The molecule has 0 radical (unpaired) electrons. The molecule has 2 heterocycles. The number of fused-ring (bicyclic) bond motifs is 1. The molecule has 0 unspecified atom stereocenters. The van der Waals surface area contributed by atoms with Gasteiger partial charge in [-0.05, 0) is 36.4 Å². The molecule has 0 spiro atoms. The Kier molecular flexibility index (Phi) is 5.81. The van der Waals surface area contributed by atoms with Gasteiger partial charge in [0, 0.05) is 29.9 Å². The van der Waals surface area contributed by atoms with Crippen molar-refractivity contribution in [2.24, 2.45) is 5.73 Å². The zero-order valence-corrected chi connectivity index (χ0v) is 15.8. The topological polar surface area (TPSA) is 109 Å². The highest BCUT2D eigenvalue weighted by molar-refractivity contribution is 8.00. The highest BCUT2D eigenvalue weighted by Crippen LogP contribution is 2.35. The number of hydrogen-bond donors (Lipinski definition) is 1. The first-order chi connectivity index (χ1) is 13.0. The molecule has 0 aliphatic carbocycles. The van der Waals surface area contributed by atoms with Gasteiger partial charge in [-0.15, -0.1) is 11.8 Å². The molecule has 1 saturated heterocycles. The van der Waals surface area contributed by atoms with Gasteiger partial charge in [0.2, 0.25) is 5.91 Å². The Morgan fingerprint density at radius 2 is 2.30 bits per heavy atom. The molecule has 1 atom stereocenters. The van der Waals surface area contributed by atoms with Gasteiger partial charge in [-0.2, -0.15) is 5.26 Å². The molecule has 1 fully saturated rings. The molecule has 27 heavy (non-hydrogen) atoms. The van der Waals surface area contributed by atoms with Crippen LogP contribution in [0.1, 0.15) is 29.6 Å². The lowest BCUT2D eigenvalue weighted by Gasteiger charge is -2.32. The lowest BCUT2D eigenvalue weighted by atomic mass is 10.1. The molecule has 1 aromatic carbocycles. The number of ether oxygens (including phenoxy) is 1. The third-order valence-electron chi connectivity index (χ3n) is 4.55. The molecule has 0 bridgehead atoms. The maximum Gasteiger partial charge on any atom is 0.252 e. The predicted octanol–water partition coefficient (Wildman–Crippen LogP) is 2.34. The predicted molar refractivity (Wildman–Crippen MR) is 103 cm³/mol. The van der Waals surface area contributed by atoms with E-state index >= 15 is 0 Å². The Labute approximate surface area is 161 Å². The number of primary amides is 1. The Hall–Kier alpha value is -2.79. The SMILES string of the molecule is COc1cc2c(S[C@@H]3CCCN(C(=O)CC#N)C3)nccc2cc1C(N)=O. The number of carbonyl (C=O) groups is 2. The lowest BCUT2D eigenvalue weighted by molar-refractivity contribution is -0.130. The van der Waals surface area contributed by atoms with Crippen molar-refractivity contribution in [3.63, 3.8) is 0 Å². The number of aromatic nitrogens is 1. The van der Waals surface area contributed by atoms with E-state index in [1.807, 2.05) is 12.1 Å². The van der Waals surface area contributed by atoms with Crippen LogP contribution >= 0.6 is 11.8 Å². The Morgan fingerprint density at radius 1 is 1.48 bits per heavy atom. The average molecular weight is 384 g/mol. The summed E-state index contributed by atoms with van der Waals surface area (Å²) in [6.07, 6.45) is 3.48. The minimum atomic E-state index is -0.543. The van der Waals surface area contributed by atoms with E-state index in [2.05, 4.69) is 4.98 Å². The maximum atomic E-state index is 12.0. The first-order valence-electron chi connectivity index (χ1n) is 8.61. The summed E-state index contributed by atoms with van der Waals surface area (Å²) < 4.78 is 5.31. The quantitative estimate of drug-likeness (QED) is 0.847. The van der Waals surface area contributed by atoms with Gasteiger partial charge in [-0.25, -0.2) is 4.98 Å². The molecule has 2 aromatic rings. The standard InChI is InChI=1S/C19H20N4O3S/c1-26-16-10-14-12(9-15(16)18(21)25)5-7-22-19(14)27-13-3-2-8-23(11-13)17(24)4-6-20/h5,7,9-10,13H,2-4,8,11H2,1H3,(H2,21,25)/t13-/m1/s1. The first kappa shape index (κ1) is 19.0. The second-order valence-electron chi connectivity index (χ2n) is 6.31. The van der Waals surface area contributed by atoms with Crippen molar-refractivity contribution in [1.29, 1.82) is 5.26 Å². The van der Waals surface area contributed by atoms with E-state index in [0.717, 1.165) is 28.6 Å². The number of piperidine rings is 1. The minimum Gasteiger partial charge on any atom is -0.496 e. The van der Waals surface area contributed by atoms with Crippen LogP contribution in [0.15, 0.2) is 29.4 Å². The number of rotatable bonds is 5. The fourth-order valence-electron chi connectivity index (χ4n) is 3.23. The van der Waals surface area contributed by atoms with Gasteiger partial charge in [0.1, 0.15) is 17.2 Å². The smallest absolute Gasteiger partial charge is 0.252 e. The van der Waals surface area contributed by atoms with Gasteiger partial charge in [0.05, 0.1) is 18.7 Å². The number of carbonyl (C=O) groups excluding carboxylic acids is 2. The van der Waals surface area contributed by atoms with Crippen LogP contribution in [0, 0.1) is 11.3 Å². The van der Waals surface area contributed by atoms with Crippen LogP contribution < -0.4 is 10.5 Å². The Morgan fingerprint density at radius 3 is 3.00 bits per heavy atom. The van der Waals surface area contributed by atoms with Crippen molar-refractivity contribution in [2.75, 3.05) is 20.2 Å². The average Bonchev–Trinajstić information content (AvgIpc) is 2.67. The van der Waals surface area contributed by atoms with E-state index in [4.69, 9.17) is 15.7 Å². The second-order valence-corrected chi connectivity index (χ2v) is 7.60. The normalized spacial score (nSPS) is 16.7. The van der Waals surface area contributed by atoms with E-state index in [1.54, 1.807) is 35.0 Å². The molecule has 7 nitrogen and oxygen atoms in total. The van der Waals surface area contributed by atoms with Crippen LogP contribution in [0.2, 0.25) is 0 Å². The number of nitriles is 1. The number of benzene rings is 1. The first-order valence-corrected chi connectivity index (χ1v) is 9.49. The molecule has 1 aromatic heterocycles. The molecule has 140 valence electrons. The van der Waals surface area contributed by atoms with E-state index < -0.39 is 5.91 Å². The number of amides is 2. The van der Waals surface area contributed by atoms with Gasteiger partial charge in [-0.1, -0.05) is 0 Å². The number of nitrogens with zero attached hydrogens (tertiary/aromatic N) is 3. The molecule has 0 saturated carbocycles. The third kappa shape index (κ3) is 4.14. The molecule has 3 rings (SSSR count). The van der Waals surface area contributed by atoms with Gasteiger partial charge in [-0.3, -0.25) is 9.59 Å². The number of likely N-dealkylation sites (tertiary alicyclic amines) is 1. The maximum absolute atomic E-state index is 12.0. The Bertz CT molecular complexity index is 925. The largest absolute Gasteiger partial charge is 0.496 e. The fraction of sp³-hybridized carbons (Fsp3) is 0.368. The summed E-state index contributed by atoms with van der Waals surface area (Å²) in [6.45, 7) is 1.29. The van der Waals surface area contributed by atoms with Crippen molar-refractivity contribution in [3.05, 3.63) is 30.0 Å². The van der Waals surface area contributed by atoms with Crippen molar-refractivity contribution >= 4 is 34.3 Å². The lowest BCUT2D eigenvalue weighted by Crippen LogP contribution is -2.40. The number of nitrogens with two attached hydrogens (primary N) is 1. The van der Waals surface area contributed by atoms with Gasteiger partial charge >= 0.3 is 0 Å². The fourth-order valence-corrected chi connectivity index (χ4v) is 4.51. The van der Waals surface area contributed by atoms with Crippen LogP contribution in [0.3, 0.4) is 0 Å². The number of methoxy groups -OCH3 is 1. The molecule has 1 aliphatic rings. The van der Waals surface area contributed by atoms with E-state index in [1.165, 1.54) is 7.11 Å². The van der Waals surface area contributed by atoms with Crippen molar-refractivity contribution < 1.29 is 14.3 Å². The summed E-state index contributed by atoms with van der Waals surface area (Å²) in [5.74, 6) is -0.251. The summed E-state index contributed by atoms with van der Waals surface area (Å²) in [6, 6.07) is 7.24. The summed E-state index contributed by atoms with van der Waals surface area (Å²) in [5, 5.41) is 11.5. The molecular formula is C19H20N4O3S. The molecule has 8 heteroatoms. The molecular weight excluding hydrogens is 364 g/mol. The summed E-state index contributed by atoms with van der Waals surface area (Å²) >= 11 is 1.61. The number of hydrogen-bond acceptors (Lipinski definition) is 6. The van der Waals surface area contributed by atoms with E-state index in [-0.39, 0.29) is 17.6 Å². The zero-order chi connectivity index (χ0) is 19.4. The van der Waals surface area contributed by atoms with E-state index in [0.29, 0.717) is 24.4 Å². The van der Waals surface area contributed by atoms with Gasteiger partial charge < -0.3 is 15.4 Å². The van der Waals surface area contributed by atoms with Crippen LogP contribution in [-0.2, 0) is 4.79 Å². The van der Waals surface area contributed by atoms with Crippen molar-refractivity contribution in [2.45, 2.75) is 29.5 Å². The van der Waals surface area contributed by atoms with Gasteiger partial charge in [0.25, 0.3) is 5.91 Å². The van der Waals surface area contributed by atoms with E-state index in [9.17, 15) is 9.59 Å². The zero-order valence-electron chi connectivity index (χ0n) is 15.0. The monoisotopic (exact) mass is 384 g/mol. The molecule has 1 aliphatic heterocycles. The Balaban J connectivity index is 1.87. The van der Waals surface area contributed by atoms with Crippen LogP contribution in [0.4, 0.5) is 0 Å². The summed E-state index contributed by atoms with van der Waals surface area (Å²) in [4.78, 5) is 29.9. The summed E-state index contributed by atoms with van der Waals surface area (Å²) in [7, 11) is 1.50. The highest BCUT2D eigenvalue weighted by Gasteiger charge is 2.25. The van der Waals surface area contributed by atoms with Crippen molar-refractivity contribution in [3.8, 4) is 11.8 Å².